The molecule has 4 rings (SSSR count). The van der Waals surface area contributed by atoms with E-state index in [4.69, 9.17) is 0 Å². The van der Waals surface area contributed by atoms with Gasteiger partial charge in [0.25, 0.3) is 0 Å². The van der Waals surface area contributed by atoms with Gasteiger partial charge in [0, 0.05) is 31.2 Å². The van der Waals surface area contributed by atoms with Gasteiger partial charge in [-0.3, -0.25) is 9.10 Å². The zero-order chi connectivity index (χ0) is 27.0. The summed E-state index contributed by atoms with van der Waals surface area (Å²) in [5, 5.41) is 8.30. The highest BCUT2D eigenvalue weighted by molar-refractivity contribution is 7.92. The van der Waals surface area contributed by atoms with Crippen molar-refractivity contribution in [3.63, 3.8) is 0 Å². The molecule has 2 aromatic carbocycles. The average molecular weight is 535 g/mol. The number of nitrogens with one attached hydrogen (secondary N) is 3. The van der Waals surface area contributed by atoms with Gasteiger partial charge >= 0.3 is 6.18 Å². The van der Waals surface area contributed by atoms with E-state index in [1.807, 2.05) is 0 Å². The molecule has 1 aliphatic heterocycles. The number of amides is 1. The Hall–Kier alpha value is -3.87. The summed E-state index contributed by atoms with van der Waals surface area (Å²) in [5.41, 5.74) is 2.41. The van der Waals surface area contributed by atoms with E-state index in [-0.39, 0.29) is 30.6 Å². The molecule has 0 radical (unpaired) electrons. The second-order valence-corrected chi connectivity index (χ2v) is 10.8. The Kier molecular flexibility index (Phi) is 7.00. The molecule has 37 heavy (non-hydrogen) atoms. The van der Waals surface area contributed by atoms with Gasteiger partial charge in [-0.05, 0) is 48.7 Å². The van der Waals surface area contributed by atoms with Crippen molar-refractivity contribution in [2.24, 2.45) is 0 Å². The first-order valence-electron chi connectivity index (χ1n) is 11.3. The number of aromatic nitrogens is 2. The molecular formula is C24H25F3N6O3S. The highest BCUT2D eigenvalue weighted by Crippen LogP contribution is 2.35. The van der Waals surface area contributed by atoms with Crippen LogP contribution in [0.25, 0.3) is 0 Å². The lowest BCUT2D eigenvalue weighted by molar-refractivity contribution is -0.137. The molecule has 196 valence electrons. The van der Waals surface area contributed by atoms with Gasteiger partial charge in [0.1, 0.15) is 11.4 Å². The van der Waals surface area contributed by atoms with Gasteiger partial charge in [-0.25, -0.2) is 13.4 Å². The molecule has 0 unspecified atom stereocenters. The summed E-state index contributed by atoms with van der Waals surface area (Å²) in [6.45, 7) is 3.15. The van der Waals surface area contributed by atoms with Gasteiger partial charge in [0.2, 0.25) is 21.9 Å². The third kappa shape index (κ3) is 5.61. The van der Waals surface area contributed by atoms with Crippen molar-refractivity contribution < 1.29 is 26.4 Å². The monoisotopic (exact) mass is 534 g/mol. The SMILES string of the molecule is CCS(=O)(=O)N(C)c1cccc(C)c1CNc1nc(Nc2ccc3c(c2)NC(=O)C3)ncc1C(F)(F)F. The Labute approximate surface area is 212 Å². The van der Waals surface area contributed by atoms with E-state index in [0.717, 1.165) is 9.87 Å². The number of carbonyl (C=O) groups excluding carboxylic acids is 1. The molecule has 1 amide bonds. The molecule has 3 aromatic rings. The maximum atomic E-state index is 13.7. The molecule has 1 aromatic heterocycles. The molecule has 13 heteroatoms. The molecular weight excluding hydrogens is 509 g/mol. The molecule has 0 bridgehead atoms. The summed E-state index contributed by atoms with van der Waals surface area (Å²) >= 11 is 0. The Balaban J connectivity index is 1.64. The molecule has 0 aliphatic carbocycles. The van der Waals surface area contributed by atoms with Crippen LogP contribution in [0.1, 0.15) is 29.2 Å². The minimum atomic E-state index is -4.73. The van der Waals surface area contributed by atoms with Crippen LogP contribution in [0.15, 0.2) is 42.6 Å². The number of benzene rings is 2. The standard InChI is InChI=1S/C24H25F3N6O3S/c1-4-37(35,36)33(3)20-7-5-6-14(2)17(20)12-28-22-18(24(25,26)27)13-29-23(32-22)30-16-9-8-15-10-21(34)31-19(15)11-16/h5-9,11,13H,4,10,12H2,1-3H3,(H,31,34)(H2,28,29,30,32). The average Bonchev–Trinajstić information content (AvgIpc) is 3.21. The minimum absolute atomic E-state index is 0.0875. The number of fused-ring (bicyclic) bond motifs is 1. The smallest absolute Gasteiger partial charge is 0.365 e. The Morgan fingerprint density at radius 2 is 1.95 bits per heavy atom. The van der Waals surface area contributed by atoms with Crippen LogP contribution in [0.4, 0.5) is 42.0 Å². The predicted molar refractivity (Wildman–Crippen MR) is 135 cm³/mol. The van der Waals surface area contributed by atoms with Crippen molar-refractivity contribution in [2.75, 3.05) is 33.1 Å². The van der Waals surface area contributed by atoms with Crippen molar-refractivity contribution in [1.29, 1.82) is 0 Å². The van der Waals surface area contributed by atoms with Crippen LogP contribution in [0, 0.1) is 6.92 Å². The normalized spacial score (nSPS) is 13.2. The van der Waals surface area contributed by atoms with Crippen molar-refractivity contribution >= 4 is 44.8 Å². The maximum Gasteiger partial charge on any atom is 0.421 e. The van der Waals surface area contributed by atoms with E-state index >= 15 is 0 Å². The summed E-state index contributed by atoms with van der Waals surface area (Å²) in [4.78, 5) is 19.5. The summed E-state index contributed by atoms with van der Waals surface area (Å²) in [7, 11) is -2.18. The van der Waals surface area contributed by atoms with Crippen LogP contribution < -0.4 is 20.3 Å². The minimum Gasteiger partial charge on any atom is -0.365 e. The first kappa shape index (κ1) is 26.2. The lowest BCUT2D eigenvalue weighted by Crippen LogP contribution is -2.29. The largest absolute Gasteiger partial charge is 0.421 e. The van der Waals surface area contributed by atoms with Gasteiger partial charge < -0.3 is 16.0 Å². The summed E-state index contributed by atoms with van der Waals surface area (Å²) in [5.74, 6) is -0.821. The van der Waals surface area contributed by atoms with Gasteiger partial charge in [-0.15, -0.1) is 0 Å². The van der Waals surface area contributed by atoms with Crippen LogP contribution in [-0.2, 0) is 34.0 Å². The Morgan fingerprint density at radius 3 is 2.65 bits per heavy atom. The van der Waals surface area contributed by atoms with Gasteiger partial charge in [-0.2, -0.15) is 18.2 Å². The maximum absolute atomic E-state index is 13.7. The summed E-state index contributed by atoms with van der Waals surface area (Å²) < 4.78 is 67.2. The second kappa shape index (κ2) is 9.88. The van der Waals surface area contributed by atoms with E-state index < -0.39 is 27.6 Å². The lowest BCUT2D eigenvalue weighted by Gasteiger charge is -2.23. The fourth-order valence-electron chi connectivity index (χ4n) is 3.93. The number of sulfonamides is 1. The van der Waals surface area contributed by atoms with Crippen LogP contribution in [-0.4, -0.2) is 37.1 Å². The van der Waals surface area contributed by atoms with E-state index in [9.17, 15) is 26.4 Å². The third-order valence-electron chi connectivity index (χ3n) is 6.02. The predicted octanol–water partition coefficient (Wildman–Crippen LogP) is 4.44. The van der Waals surface area contributed by atoms with Crippen LogP contribution in [0.5, 0.6) is 0 Å². The number of carbonyl (C=O) groups is 1. The van der Waals surface area contributed by atoms with Crippen LogP contribution in [0.2, 0.25) is 0 Å². The van der Waals surface area contributed by atoms with Crippen molar-refractivity contribution in [3.8, 4) is 0 Å². The number of aryl methyl sites for hydroxylation is 1. The number of alkyl halides is 3. The topological polar surface area (TPSA) is 116 Å². The quantitative estimate of drug-likeness (QED) is 0.391. The van der Waals surface area contributed by atoms with Crippen LogP contribution >= 0.6 is 0 Å². The highest BCUT2D eigenvalue weighted by Gasteiger charge is 2.35. The van der Waals surface area contributed by atoms with E-state index in [2.05, 4.69) is 25.9 Å². The fraction of sp³-hybridized carbons (Fsp3) is 0.292. The molecule has 0 fully saturated rings. The highest BCUT2D eigenvalue weighted by atomic mass is 32.2. The molecule has 2 heterocycles. The first-order chi connectivity index (χ1) is 17.4. The zero-order valence-corrected chi connectivity index (χ0v) is 21.1. The van der Waals surface area contributed by atoms with Gasteiger partial charge in [0.05, 0.1) is 17.9 Å². The Bertz CT molecular complexity index is 1460. The molecule has 1 aliphatic rings. The van der Waals surface area contributed by atoms with E-state index in [1.165, 1.54) is 14.0 Å². The number of rotatable bonds is 8. The van der Waals surface area contributed by atoms with Gasteiger partial charge in [0.15, 0.2) is 0 Å². The molecule has 0 spiro atoms. The lowest BCUT2D eigenvalue weighted by atomic mass is 10.1. The van der Waals surface area contributed by atoms with Crippen molar-refractivity contribution in [2.45, 2.75) is 33.0 Å². The second-order valence-electron chi connectivity index (χ2n) is 8.47. The number of nitrogens with zero attached hydrogens (tertiary/aromatic N) is 3. The van der Waals surface area contributed by atoms with Crippen molar-refractivity contribution in [3.05, 3.63) is 64.8 Å². The molecule has 0 saturated carbocycles. The number of halogens is 3. The fourth-order valence-corrected chi connectivity index (χ4v) is 4.79. The van der Waals surface area contributed by atoms with Gasteiger partial charge in [-0.1, -0.05) is 18.2 Å². The summed E-state index contributed by atoms with van der Waals surface area (Å²) in [6.07, 6.45) is -3.79. The van der Waals surface area contributed by atoms with E-state index in [0.29, 0.717) is 34.4 Å². The number of hydrogen-bond donors (Lipinski definition) is 3. The molecule has 3 N–H and O–H groups in total. The van der Waals surface area contributed by atoms with Crippen molar-refractivity contribution in [1.82, 2.24) is 9.97 Å². The van der Waals surface area contributed by atoms with E-state index in [1.54, 1.807) is 43.3 Å². The molecule has 0 atom stereocenters. The first-order valence-corrected chi connectivity index (χ1v) is 12.9. The molecule has 9 nitrogen and oxygen atoms in total. The number of hydrogen-bond acceptors (Lipinski definition) is 7. The third-order valence-corrected chi connectivity index (χ3v) is 7.79. The number of anilines is 5. The Morgan fingerprint density at radius 1 is 1.19 bits per heavy atom. The summed E-state index contributed by atoms with van der Waals surface area (Å²) in [6, 6.07) is 10.1. The zero-order valence-electron chi connectivity index (χ0n) is 20.3. The van der Waals surface area contributed by atoms with Crippen LogP contribution in [0.3, 0.4) is 0 Å². The molecule has 0 saturated heterocycles.